The molecule has 3 rings (SSSR count). The molecule has 0 saturated carbocycles. The van der Waals surface area contributed by atoms with Gasteiger partial charge in [-0.25, -0.2) is 0 Å². The molecular weight excluding hydrogens is 318 g/mol. The van der Waals surface area contributed by atoms with E-state index < -0.39 is 17.3 Å². The molecule has 1 aromatic carbocycles. The minimum atomic E-state index is -1.90. The van der Waals surface area contributed by atoms with Crippen LogP contribution in [-0.4, -0.2) is 23.8 Å². The molecule has 2 heterocycles. The average molecular weight is 332 g/mol. The fraction of sp³-hybridized carbons (Fsp3) is 0.176. The van der Waals surface area contributed by atoms with Crippen LogP contribution in [0.5, 0.6) is 0 Å². The molecule has 1 N–H and O–H groups in total. The SMILES string of the molecule is CN1C(=O)C(O)(CC(=O)C=Cc2ccco2)c2cc(Cl)ccc21. The lowest BCUT2D eigenvalue weighted by atomic mass is 9.90. The highest BCUT2D eigenvalue weighted by atomic mass is 35.5. The summed E-state index contributed by atoms with van der Waals surface area (Å²) in [5.74, 6) is -0.420. The Hall–Kier alpha value is -2.37. The lowest BCUT2D eigenvalue weighted by Crippen LogP contribution is -2.40. The zero-order valence-electron chi connectivity index (χ0n) is 12.3. The zero-order chi connectivity index (χ0) is 16.6. The van der Waals surface area contributed by atoms with E-state index in [4.69, 9.17) is 16.0 Å². The van der Waals surface area contributed by atoms with E-state index in [1.165, 1.54) is 29.4 Å². The third-order valence-electron chi connectivity index (χ3n) is 3.83. The van der Waals surface area contributed by atoms with Gasteiger partial charge in [0.25, 0.3) is 5.91 Å². The number of carbonyl (C=O) groups is 2. The predicted molar refractivity (Wildman–Crippen MR) is 86.1 cm³/mol. The number of hydrogen-bond acceptors (Lipinski definition) is 4. The fourth-order valence-corrected chi connectivity index (χ4v) is 2.85. The number of amides is 1. The summed E-state index contributed by atoms with van der Waals surface area (Å²) in [7, 11) is 1.55. The number of halogens is 1. The molecule has 1 aliphatic heterocycles. The van der Waals surface area contributed by atoms with Gasteiger partial charge in [-0.15, -0.1) is 0 Å². The molecule has 0 saturated heterocycles. The number of likely N-dealkylation sites (N-methyl/N-ethyl adjacent to an activating group) is 1. The molecule has 1 unspecified atom stereocenters. The molecule has 2 aromatic rings. The number of ketones is 1. The van der Waals surface area contributed by atoms with Crippen molar-refractivity contribution < 1.29 is 19.1 Å². The predicted octanol–water partition coefficient (Wildman–Crippen LogP) is 2.77. The van der Waals surface area contributed by atoms with Gasteiger partial charge in [0.2, 0.25) is 0 Å². The first-order valence-corrected chi connectivity index (χ1v) is 7.34. The fourth-order valence-electron chi connectivity index (χ4n) is 2.68. The number of furan rings is 1. The minimum Gasteiger partial charge on any atom is -0.465 e. The first-order chi connectivity index (χ1) is 10.9. The molecule has 0 aliphatic carbocycles. The maximum Gasteiger partial charge on any atom is 0.263 e. The number of anilines is 1. The molecule has 0 spiro atoms. The number of nitrogens with zero attached hydrogens (tertiary/aromatic N) is 1. The van der Waals surface area contributed by atoms with Gasteiger partial charge in [-0.1, -0.05) is 11.6 Å². The quantitative estimate of drug-likeness (QED) is 0.874. The maximum absolute atomic E-state index is 12.4. The number of hydrogen-bond donors (Lipinski definition) is 1. The van der Waals surface area contributed by atoms with E-state index >= 15 is 0 Å². The molecule has 1 amide bonds. The second kappa shape index (κ2) is 5.68. The highest BCUT2D eigenvalue weighted by molar-refractivity contribution is 6.31. The standard InChI is InChI=1S/C17H14ClNO4/c1-19-15-7-4-11(18)9-14(15)17(22,16(19)21)10-12(20)5-6-13-3-2-8-23-13/h2-9,22H,10H2,1H3. The van der Waals surface area contributed by atoms with Gasteiger partial charge >= 0.3 is 0 Å². The third-order valence-corrected chi connectivity index (χ3v) is 4.07. The number of fused-ring (bicyclic) bond motifs is 1. The molecule has 0 fully saturated rings. The normalized spacial score (nSPS) is 20.3. The molecular formula is C17H14ClNO4. The van der Waals surface area contributed by atoms with Crippen LogP contribution in [0.25, 0.3) is 6.08 Å². The Balaban J connectivity index is 1.88. The number of carbonyl (C=O) groups excluding carboxylic acids is 2. The van der Waals surface area contributed by atoms with Crippen LogP contribution in [0.3, 0.4) is 0 Å². The van der Waals surface area contributed by atoms with Crippen LogP contribution in [0.1, 0.15) is 17.7 Å². The van der Waals surface area contributed by atoms with Crippen molar-refractivity contribution in [3.8, 4) is 0 Å². The van der Waals surface area contributed by atoms with Crippen molar-refractivity contribution in [2.75, 3.05) is 11.9 Å². The van der Waals surface area contributed by atoms with E-state index in [2.05, 4.69) is 0 Å². The Labute approximate surface area is 137 Å². The Morgan fingerprint density at radius 2 is 2.22 bits per heavy atom. The molecule has 118 valence electrons. The van der Waals surface area contributed by atoms with Crippen LogP contribution in [0.4, 0.5) is 5.69 Å². The second-order valence-electron chi connectivity index (χ2n) is 5.38. The van der Waals surface area contributed by atoms with Gasteiger partial charge in [-0.3, -0.25) is 9.59 Å². The van der Waals surface area contributed by atoms with Crippen LogP contribution in [0, 0.1) is 0 Å². The summed E-state index contributed by atoms with van der Waals surface area (Å²) in [5, 5.41) is 11.2. The molecule has 6 heteroatoms. The van der Waals surface area contributed by atoms with Gasteiger partial charge < -0.3 is 14.4 Å². The smallest absolute Gasteiger partial charge is 0.263 e. The number of benzene rings is 1. The Morgan fingerprint density at radius 1 is 1.43 bits per heavy atom. The van der Waals surface area contributed by atoms with Gasteiger partial charge in [-0.05, 0) is 42.5 Å². The summed E-state index contributed by atoms with van der Waals surface area (Å²) >= 11 is 5.96. The lowest BCUT2D eigenvalue weighted by Gasteiger charge is -2.20. The van der Waals surface area contributed by atoms with Gasteiger partial charge in [-0.2, -0.15) is 0 Å². The summed E-state index contributed by atoms with van der Waals surface area (Å²) in [6.07, 6.45) is 3.91. The first-order valence-electron chi connectivity index (χ1n) is 6.97. The van der Waals surface area contributed by atoms with Crippen LogP contribution >= 0.6 is 11.6 Å². The topological polar surface area (TPSA) is 70.8 Å². The largest absolute Gasteiger partial charge is 0.465 e. The molecule has 5 nitrogen and oxygen atoms in total. The van der Waals surface area contributed by atoms with Gasteiger partial charge in [0.15, 0.2) is 11.4 Å². The summed E-state index contributed by atoms with van der Waals surface area (Å²) < 4.78 is 5.10. The van der Waals surface area contributed by atoms with Crippen molar-refractivity contribution in [3.05, 3.63) is 59.0 Å². The van der Waals surface area contributed by atoms with Crippen LogP contribution in [-0.2, 0) is 15.2 Å². The molecule has 1 aromatic heterocycles. The van der Waals surface area contributed by atoms with Crippen LogP contribution in [0.15, 0.2) is 47.1 Å². The molecule has 1 atom stereocenters. The number of allylic oxidation sites excluding steroid dienone is 1. The van der Waals surface area contributed by atoms with Crippen LogP contribution < -0.4 is 4.90 Å². The van der Waals surface area contributed by atoms with Gasteiger partial charge in [0, 0.05) is 17.6 Å². The van der Waals surface area contributed by atoms with Crippen molar-refractivity contribution >= 4 is 35.1 Å². The van der Waals surface area contributed by atoms with Crippen molar-refractivity contribution in [2.45, 2.75) is 12.0 Å². The van der Waals surface area contributed by atoms with Crippen molar-refractivity contribution in [1.29, 1.82) is 0 Å². The van der Waals surface area contributed by atoms with E-state index in [0.717, 1.165) is 0 Å². The van der Waals surface area contributed by atoms with Gasteiger partial charge in [0.05, 0.1) is 18.4 Å². The number of aliphatic hydroxyl groups is 1. The highest BCUT2D eigenvalue weighted by Crippen LogP contribution is 2.42. The molecule has 23 heavy (non-hydrogen) atoms. The molecule has 0 radical (unpaired) electrons. The summed E-state index contributed by atoms with van der Waals surface area (Å²) in [5.41, 5.74) is -1.01. The second-order valence-corrected chi connectivity index (χ2v) is 5.81. The summed E-state index contributed by atoms with van der Waals surface area (Å²) in [6, 6.07) is 8.19. The lowest BCUT2D eigenvalue weighted by molar-refractivity contribution is -0.140. The van der Waals surface area contributed by atoms with E-state index in [0.29, 0.717) is 22.0 Å². The van der Waals surface area contributed by atoms with Crippen LogP contribution in [0.2, 0.25) is 5.02 Å². The van der Waals surface area contributed by atoms with E-state index in [-0.39, 0.29) is 6.42 Å². The van der Waals surface area contributed by atoms with E-state index in [9.17, 15) is 14.7 Å². The minimum absolute atomic E-state index is 0.345. The van der Waals surface area contributed by atoms with Crippen molar-refractivity contribution in [1.82, 2.24) is 0 Å². The van der Waals surface area contributed by atoms with Gasteiger partial charge in [0.1, 0.15) is 5.76 Å². The first kappa shape index (κ1) is 15.5. The highest BCUT2D eigenvalue weighted by Gasteiger charge is 2.49. The Bertz CT molecular complexity index is 797. The summed E-state index contributed by atoms with van der Waals surface area (Å²) in [4.78, 5) is 25.9. The number of rotatable bonds is 4. The van der Waals surface area contributed by atoms with E-state index in [1.807, 2.05) is 0 Å². The average Bonchev–Trinajstić information content (AvgIpc) is 3.09. The van der Waals surface area contributed by atoms with E-state index in [1.54, 1.807) is 31.3 Å². The molecule has 0 bridgehead atoms. The zero-order valence-corrected chi connectivity index (χ0v) is 13.1. The Morgan fingerprint density at radius 3 is 2.91 bits per heavy atom. The monoisotopic (exact) mass is 331 g/mol. The Kier molecular flexibility index (Phi) is 3.83. The third kappa shape index (κ3) is 2.69. The summed E-state index contributed by atoms with van der Waals surface area (Å²) in [6.45, 7) is 0. The van der Waals surface area contributed by atoms with Crippen molar-refractivity contribution in [3.63, 3.8) is 0 Å². The van der Waals surface area contributed by atoms with Crippen molar-refractivity contribution in [2.24, 2.45) is 0 Å². The molecule has 1 aliphatic rings. The maximum atomic E-state index is 12.4.